The van der Waals surface area contributed by atoms with Crippen LogP contribution >= 0.6 is 0 Å². The van der Waals surface area contributed by atoms with Crippen LogP contribution < -0.4 is 5.32 Å². The number of nitrogens with zero attached hydrogens (tertiary/aromatic N) is 4. The number of hydrogen-bond donors (Lipinski definition) is 2. The number of carboxylic acid groups (broad SMARTS) is 1. The highest BCUT2D eigenvalue weighted by molar-refractivity contribution is 5.75. The Balaban J connectivity index is 1.52. The molecule has 2 aromatic rings. The van der Waals surface area contributed by atoms with Crippen LogP contribution in [0, 0.1) is 0 Å². The lowest BCUT2D eigenvalue weighted by Gasteiger charge is -2.42. The van der Waals surface area contributed by atoms with Crippen LogP contribution in [0.15, 0.2) is 18.5 Å². The van der Waals surface area contributed by atoms with Crippen molar-refractivity contribution in [3.63, 3.8) is 0 Å². The third-order valence-electron chi connectivity index (χ3n) is 4.95. The predicted molar refractivity (Wildman–Crippen MR) is 96.4 cm³/mol. The molecule has 0 atom stereocenters. The number of carbonyl (C=O) groups is 1. The lowest BCUT2D eigenvalue weighted by atomic mass is 9.85. The molecular formula is C18H27N5O2. The van der Waals surface area contributed by atoms with E-state index in [1.165, 1.54) is 0 Å². The Morgan fingerprint density at radius 2 is 2.20 bits per heavy atom. The van der Waals surface area contributed by atoms with Crippen LogP contribution in [0.25, 0.3) is 11.0 Å². The van der Waals surface area contributed by atoms with Gasteiger partial charge in [-0.3, -0.25) is 9.69 Å². The summed E-state index contributed by atoms with van der Waals surface area (Å²) in [6.45, 7) is 7.90. The van der Waals surface area contributed by atoms with E-state index in [-0.39, 0.29) is 6.54 Å². The molecule has 0 radical (unpaired) electrons. The molecule has 0 aromatic carbocycles. The largest absolute Gasteiger partial charge is 0.480 e. The van der Waals surface area contributed by atoms with E-state index in [4.69, 9.17) is 5.11 Å². The third-order valence-corrected chi connectivity index (χ3v) is 4.95. The highest BCUT2D eigenvalue weighted by atomic mass is 16.4. The molecule has 0 amide bonds. The number of fused-ring (bicyclic) bond motifs is 1. The maximum atomic E-state index is 10.9. The fourth-order valence-electron chi connectivity index (χ4n) is 3.45. The summed E-state index contributed by atoms with van der Waals surface area (Å²) < 4.78 is 1.94. The Bertz CT molecular complexity index is 736. The average Bonchev–Trinajstić information content (AvgIpc) is 2.95. The summed E-state index contributed by atoms with van der Waals surface area (Å²) in [6, 6.07) is 3.26. The maximum Gasteiger partial charge on any atom is 0.317 e. The molecule has 0 spiro atoms. The molecule has 7 nitrogen and oxygen atoms in total. The molecule has 25 heavy (non-hydrogen) atoms. The fraction of sp³-hybridized carbons (Fsp3) is 0.611. The summed E-state index contributed by atoms with van der Waals surface area (Å²) in [5.41, 5.74) is 2.08. The minimum absolute atomic E-state index is 0.133. The molecule has 2 aromatic heterocycles. The van der Waals surface area contributed by atoms with Crippen LogP contribution in [0.1, 0.15) is 45.2 Å². The zero-order chi connectivity index (χ0) is 18.0. The van der Waals surface area contributed by atoms with E-state index in [1.54, 1.807) is 0 Å². The first-order chi connectivity index (χ1) is 12.0. The Labute approximate surface area is 148 Å². The van der Waals surface area contributed by atoms with Crippen molar-refractivity contribution in [2.45, 2.75) is 58.3 Å². The normalized spacial score (nSPS) is 20.4. The quantitative estimate of drug-likeness (QED) is 0.762. The van der Waals surface area contributed by atoms with E-state index in [2.05, 4.69) is 35.3 Å². The number of aliphatic carboxylic acids is 1. The Hall–Kier alpha value is -1.99. The van der Waals surface area contributed by atoms with Gasteiger partial charge < -0.3 is 10.4 Å². The summed E-state index contributed by atoms with van der Waals surface area (Å²) in [5.74, 6) is -0.750. The van der Waals surface area contributed by atoms with Gasteiger partial charge in [-0.2, -0.15) is 5.10 Å². The van der Waals surface area contributed by atoms with Gasteiger partial charge in [-0.15, -0.1) is 0 Å². The number of carboxylic acids is 1. The minimum atomic E-state index is -0.750. The van der Waals surface area contributed by atoms with Gasteiger partial charge in [-0.1, -0.05) is 6.92 Å². The van der Waals surface area contributed by atoms with Crippen molar-refractivity contribution in [3.05, 3.63) is 24.0 Å². The van der Waals surface area contributed by atoms with Crippen LogP contribution in [-0.2, 0) is 11.3 Å². The Kier molecular flexibility index (Phi) is 5.34. The molecule has 1 saturated carbocycles. The SMILES string of the molecule is CCN(CC(=O)O)C1CC(NCc2cnc3c(cnn3C(C)C)c2)C1. The molecule has 7 heteroatoms. The van der Waals surface area contributed by atoms with Crippen LogP contribution in [0.5, 0.6) is 0 Å². The molecule has 0 saturated heterocycles. The Morgan fingerprint density at radius 3 is 2.84 bits per heavy atom. The molecule has 2 N–H and O–H groups in total. The molecule has 0 unspecified atom stereocenters. The second-order valence-corrected chi connectivity index (χ2v) is 7.10. The first-order valence-corrected chi connectivity index (χ1v) is 8.99. The van der Waals surface area contributed by atoms with Crippen LogP contribution in [-0.4, -0.2) is 55.9 Å². The maximum absolute atomic E-state index is 10.9. The molecule has 2 heterocycles. The van der Waals surface area contributed by atoms with Gasteiger partial charge in [0, 0.05) is 36.3 Å². The fourth-order valence-corrected chi connectivity index (χ4v) is 3.45. The summed E-state index contributed by atoms with van der Waals surface area (Å²) in [7, 11) is 0. The van der Waals surface area contributed by atoms with Crippen LogP contribution in [0.2, 0.25) is 0 Å². The van der Waals surface area contributed by atoms with E-state index in [9.17, 15) is 4.79 Å². The second-order valence-electron chi connectivity index (χ2n) is 7.10. The van der Waals surface area contributed by atoms with Crippen molar-refractivity contribution in [2.24, 2.45) is 0 Å². The van der Waals surface area contributed by atoms with Gasteiger partial charge in [-0.25, -0.2) is 9.67 Å². The smallest absolute Gasteiger partial charge is 0.317 e. The third kappa shape index (κ3) is 3.99. The molecule has 1 aliphatic rings. The predicted octanol–water partition coefficient (Wildman–Crippen LogP) is 2.04. The van der Waals surface area contributed by atoms with Crippen molar-refractivity contribution in [3.8, 4) is 0 Å². The lowest BCUT2D eigenvalue weighted by Crippen LogP contribution is -2.53. The van der Waals surface area contributed by atoms with Crippen molar-refractivity contribution in [1.82, 2.24) is 25.0 Å². The van der Waals surface area contributed by atoms with Crippen molar-refractivity contribution in [2.75, 3.05) is 13.1 Å². The number of nitrogens with one attached hydrogen (secondary N) is 1. The minimum Gasteiger partial charge on any atom is -0.480 e. The number of pyridine rings is 1. The van der Waals surface area contributed by atoms with Gasteiger partial charge in [0.25, 0.3) is 0 Å². The van der Waals surface area contributed by atoms with Crippen molar-refractivity contribution >= 4 is 17.0 Å². The zero-order valence-electron chi connectivity index (χ0n) is 15.1. The molecule has 1 aliphatic carbocycles. The van der Waals surface area contributed by atoms with Crippen LogP contribution in [0.4, 0.5) is 0 Å². The van der Waals surface area contributed by atoms with Gasteiger partial charge in [0.15, 0.2) is 5.65 Å². The first kappa shape index (κ1) is 17.8. The molecule has 3 rings (SSSR count). The molecule has 136 valence electrons. The Morgan fingerprint density at radius 1 is 1.44 bits per heavy atom. The van der Waals surface area contributed by atoms with Gasteiger partial charge in [0.2, 0.25) is 0 Å². The van der Waals surface area contributed by atoms with Crippen LogP contribution in [0.3, 0.4) is 0 Å². The highest BCUT2D eigenvalue weighted by Gasteiger charge is 2.33. The van der Waals surface area contributed by atoms with E-state index in [0.29, 0.717) is 18.1 Å². The van der Waals surface area contributed by atoms with Gasteiger partial charge in [0.1, 0.15) is 0 Å². The summed E-state index contributed by atoms with van der Waals surface area (Å²) in [5, 5.41) is 18.0. The summed E-state index contributed by atoms with van der Waals surface area (Å²) in [4.78, 5) is 17.5. The zero-order valence-corrected chi connectivity index (χ0v) is 15.1. The summed E-state index contributed by atoms with van der Waals surface area (Å²) in [6.07, 6.45) is 5.79. The summed E-state index contributed by atoms with van der Waals surface area (Å²) >= 11 is 0. The topological polar surface area (TPSA) is 83.3 Å². The molecule has 0 aliphatic heterocycles. The molecular weight excluding hydrogens is 318 g/mol. The number of hydrogen-bond acceptors (Lipinski definition) is 5. The van der Waals surface area contributed by atoms with E-state index < -0.39 is 5.97 Å². The highest BCUT2D eigenvalue weighted by Crippen LogP contribution is 2.26. The van der Waals surface area contributed by atoms with E-state index in [1.807, 2.05) is 28.9 Å². The molecule has 0 bridgehead atoms. The van der Waals surface area contributed by atoms with Gasteiger partial charge in [0.05, 0.1) is 12.7 Å². The number of aromatic nitrogens is 3. The number of rotatable bonds is 8. The first-order valence-electron chi connectivity index (χ1n) is 8.99. The van der Waals surface area contributed by atoms with E-state index >= 15 is 0 Å². The van der Waals surface area contributed by atoms with E-state index in [0.717, 1.165) is 42.5 Å². The lowest BCUT2D eigenvalue weighted by molar-refractivity contribution is -0.139. The monoisotopic (exact) mass is 345 g/mol. The number of likely N-dealkylation sites (N-methyl/N-ethyl adjacent to an activating group) is 1. The molecule has 1 fully saturated rings. The van der Waals surface area contributed by atoms with Crippen molar-refractivity contribution < 1.29 is 9.90 Å². The average molecular weight is 345 g/mol. The van der Waals surface area contributed by atoms with Crippen molar-refractivity contribution in [1.29, 1.82) is 0 Å². The van der Waals surface area contributed by atoms with Gasteiger partial charge >= 0.3 is 5.97 Å². The van der Waals surface area contributed by atoms with Gasteiger partial charge in [-0.05, 0) is 44.9 Å². The second kappa shape index (κ2) is 7.49. The standard InChI is InChI=1S/C18H27N5O2/c1-4-22(11-17(24)25)16-6-15(7-16)19-8-13-5-14-10-21-23(12(2)3)18(14)20-9-13/h5,9-10,12,15-16,19H,4,6-8,11H2,1-3H3,(H,24,25).